The molecule has 0 saturated heterocycles. The van der Waals surface area contributed by atoms with E-state index in [9.17, 15) is 4.79 Å². The molecule has 4 rings (SSSR count). The van der Waals surface area contributed by atoms with Crippen molar-refractivity contribution in [1.29, 1.82) is 0 Å². The van der Waals surface area contributed by atoms with Gasteiger partial charge in [0.2, 0.25) is 5.91 Å². The summed E-state index contributed by atoms with van der Waals surface area (Å²) in [4.78, 5) is 14.4. The Hall–Kier alpha value is -0.770. The molecular formula is C15H18BrNO2. The molecule has 1 amide bonds. The average molecular weight is 324 g/mol. The minimum Gasteiger partial charge on any atom is -0.452 e. The quantitative estimate of drug-likeness (QED) is 0.855. The Morgan fingerprint density at radius 2 is 2.05 bits per heavy atom. The van der Waals surface area contributed by atoms with Gasteiger partial charge < -0.3 is 9.32 Å². The third-order valence-electron chi connectivity index (χ3n) is 5.42. The molecular weight excluding hydrogens is 306 g/mol. The smallest absolute Gasteiger partial charge is 0.226 e. The number of nitrogens with zero attached hydrogens (tertiary/aromatic N) is 1. The largest absolute Gasteiger partial charge is 0.452 e. The van der Waals surface area contributed by atoms with Gasteiger partial charge in [0, 0.05) is 13.0 Å². The van der Waals surface area contributed by atoms with Crippen LogP contribution in [0.15, 0.2) is 21.2 Å². The third kappa shape index (κ3) is 1.79. The van der Waals surface area contributed by atoms with Gasteiger partial charge in [-0.25, -0.2) is 0 Å². The molecule has 0 aliphatic heterocycles. The van der Waals surface area contributed by atoms with Gasteiger partial charge in [0.25, 0.3) is 0 Å². The van der Waals surface area contributed by atoms with E-state index in [1.54, 1.807) is 0 Å². The number of halogens is 1. The van der Waals surface area contributed by atoms with E-state index in [-0.39, 0.29) is 0 Å². The molecule has 1 heterocycles. The molecule has 0 aromatic carbocycles. The topological polar surface area (TPSA) is 33.5 Å². The first-order valence-corrected chi connectivity index (χ1v) is 7.93. The van der Waals surface area contributed by atoms with Crippen LogP contribution in [0, 0.1) is 29.6 Å². The van der Waals surface area contributed by atoms with Gasteiger partial charge in [-0.15, -0.1) is 0 Å². The Bertz CT molecular complexity index is 510. The number of hydrogen-bond acceptors (Lipinski definition) is 2. The van der Waals surface area contributed by atoms with Crippen LogP contribution in [-0.2, 0) is 11.3 Å². The third-order valence-corrected chi connectivity index (χ3v) is 5.84. The lowest BCUT2D eigenvalue weighted by Gasteiger charge is -2.18. The second-order valence-electron chi connectivity index (χ2n) is 6.41. The molecule has 0 N–H and O–H groups in total. The monoisotopic (exact) mass is 323 g/mol. The van der Waals surface area contributed by atoms with Gasteiger partial charge in [-0.05, 0) is 71.0 Å². The highest BCUT2D eigenvalue weighted by Gasteiger charge is 2.67. The van der Waals surface area contributed by atoms with E-state index in [2.05, 4.69) is 15.9 Å². The predicted molar refractivity (Wildman–Crippen MR) is 74.2 cm³/mol. The summed E-state index contributed by atoms with van der Waals surface area (Å²) in [6.07, 6.45) is 4.13. The number of rotatable bonds is 3. The van der Waals surface area contributed by atoms with Gasteiger partial charge in [-0.2, -0.15) is 0 Å². The molecule has 102 valence electrons. The minimum atomic E-state index is 0.328. The van der Waals surface area contributed by atoms with E-state index in [4.69, 9.17) is 4.42 Å². The van der Waals surface area contributed by atoms with Crippen molar-refractivity contribution in [3.63, 3.8) is 0 Å². The summed E-state index contributed by atoms with van der Waals surface area (Å²) < 4.78 is 6.20. The van der Waals surface area contributed by atoms with E-state index in [0.717, 1.165) is 34.1 Å². The van der Waals surface area contributed by atoms with E-state index < -0.39 is 0 Å². The molecule has 1 unspecified atom stereocenters. The van der Waals surface area contributed by atoms with Crippen LogP contribution in [0.1, 0.15) is 25.0 Å². The molecule has 1 aromatic heterocycles. The van der Waals surface area contributed by atoms with Crippen LogP contribution in [0.5, 0.6) is 0 Å². The van der Waals surface area contributed by atoms with E-state index in [1.165, 1.54) is 19.3 Å². The highest BCUT2D eigenvalue weighted by atomic mass is 79.9. The first-order chi connectivity index (χ1) is 9.15. The van der Waals surface area contributed by atoms with Crippen LogP contribution in [0.3, 0.4) is 0 Å². The highest BCUT2D eigenvalue weighted by Crippen LogP contribution is 2.69. The van der Waals surface area contributed by atoms with Crippen molar-refractivity contribution in [3.8, 4) is 0 Å². The van der Waals surface area contributed by atoms with Crippen molar-refractivity contribution in [3.05, 3.63) is 22.6 Å². The van der Waals surface area contributed by atoms with Gasteiger partial charge in [0.15, 0.2) is 4.67 Å². The second-order valence-corrected chi connectivity index (χ2v) is 7.20. The summed E-state index contributed by atoms with van der Waals surface area (Å²) in [5.41, 5.74) is 0. The summed E-state index contributed by atoms with van der Waals surface area (Å²) in [6.45, 7) is 0.579. The van der Waals surface area contributed by atoms with Gasteiger partial charge in [0.05, 0.1) is 6.54 Å². The Morgan fingerprint density at radius 3 is 2.63 bits per heavy atom. The van der Waals surface area contributed by atoms with Gasteiger partial charge in [-0.1, -0.05) is 0 Å². The fourth-order valence-electron chi connectivity index (χ4n) is 4.66. The van der Waals surface area contributed by atoms with Crippen LogP contribution < -0.4 is 0 Å². The Morgan fingerprint density at radius 1 is 1.37 bits per heavy atom. The van der Waals surface area contributed by atoms with E-state index >= 15 is 0 Å². The first-order valence-electron chi connectivity index (χ1n) is 7.14. The van der Waals surface area contributed by atoms with E-state index in [1.807, 2.05) is 24.1 Å². The number of hydrogen-bond donors (Lipinski definition) is 0. The number of carbonyl (C=O) groups excluding carboxylic acids is 1. The van der Waals surface area contributed by atoms with Crippen molar-refractivity contribution in [1.82, 2.24) is 4.90 Å². The lowest BCUT2D eigenvalue weighted by atomic mass is 10.0. The molecule has 3 aliphatic carbocycles. The summed E-state index contributed by atoms with van der Waals surface area (Å²) >= 11 is 3.29. The zero-order valence-corrected chi connectivity index (χ0v) is 12.6. The summed E-state index contributed by atoms with van der Waals surface area (Å²) in [7, 11) is 1.90. The zero-order chi connectivity index (χ0) is 13.1. The van der Waals surface area contributed by atoms with Crippen LogP contribution in [0.2, 0.25) is 0 Å². The maximum Gasteiger partial charge on any atom is 0.226 e. The van der Waals surface area contributed by atoms with Crippen molar-refractivity contribution in [2.24, 2.45) is 29.6 Å². The molecule has 0 spiro atoms. The SMILES string of the molecule is CN(Cc1ccc(Br)o1)C(=O)C1[C@@H]2[C@H]3CC[C@@H](C3)[C@H]12. The first kappa shape index (κ1) is 12.0. The standard InChI is InChI=1S/C15H18BrNO2/c1-17(7-10-4-5-11(16)19-10)15(18)14-12-8-2-3-9(6-8)13(12)14/h4-5,8-9,12-14H,2-3,6-7H2,1H3/t8-,9-,12-,13+,14?/m0/s1. The number of carbonyl (C=O) groups is 1. The molecule has 3 fully saturated rings. The van der Waals surface area contributed by atoms with Crippen LogP contribution in [0.4, 0.5) is 0 Å². The molecule has 0 radical (unpaired) electrons. The van der Waals surface area contributed by atoms with Crippen molar-refractivity contribution in [2.75, 3.05) is 7.05 Å². The maximum atomic E-state index is 12.5. The predicted octanol–water partition coefficient (Wildman–Crippen LogP) is 3.29. The fraction of sp³-hybridized carbons (Fsp3) is 0.667. The zero-order valence-electron chi connectivity index (χ0n) is 11.0. The number of fused-ring (bicyclic) bond motifs is 5. The molecule has 3 aliphatic rings. The molecule has 5 atom stereocenters. The second kappa shape index (κ2) is 4.11. The molecule has 2 bridgehead atoms. The van der Waals surface area contributed by atoms with E-state index in [0.29, 0.717) is 18.4 Å². The molecule has 1 aromatic rings. The van der Waals surface area contributed by atoms with Gasteiger partial charge >= 0.3 is 0 Å². The Balaban J connectivity index is 1.42. The van der Waals surface area contributed by atoms with Gasteiger partial charge in [0.1, 0.15) is 5.76 Å². The average Bonchev–Trinajstić information content (AvgIpc) is 2.73. The van der Waals surface area contributed by atoms with Crippen molar-refractivity contribution in [2.45, 2.75) is 25.8 Å². The Kier molecular flexibility index (Phi) is 2.60. The number of furan rings is 1. The Labute approximate surface area is 121 Å². The minimum absolute atomic E-state index is 0.328. The molecule has 4 heteroatoms. The maximum absolute atomic E-state index is 12.5. The molecule has 3 saturated carbocycles. The number of amides is 1. The van der Waals surface area contributed by atoms with Gasteiger partial charge in [-0.3, -0.25) is 4.79 Å². The lowest BCUT2D eigenvalue weighted by molar-refractivity contribution is -0.133. The fourth-order valence-corrected chi connectivity index (χ4v) is 5.00. The molecule has 19 heavy (non-hydrogen) atoms. The van der Waals surface area contributed by atoms with Crippen molar-refractivity contribution < 1.29 is 9.21 Å². The lowest BCUT2D eigenvalue weighted by Crippen LogP contribution is -2.29. The normalized spacial score (nSPS) is 38.3. The summed E-state index contributed by atoms with van der Waals surface area (Å²) in [5, 5.41) is 0. The summed E-state index contributed by atoms with van der Waals surface area (Å²) in [5.74, 6) is 4.66. The van der Waals surface area contributed by atoms with Crippen LogP contribution in [-0.4, -0.2) is 17.9 Å². The van der Waals surface area contributed by atoms with Crippen LogP contribution in [0.25, 0.3) is 0 Å². The highest BCUT2D eigenvalue weighted by molar-refractivity contribution is 9.10. The molecule has 3 nitrogen and oxygen atoms in total. The van der Waals surface area contributed by atoms with Crippen LogP contribution >= 0.6 is 15.9 Å². The summed E-state index contributed by atoms with van der Waals surface area (Å²) in [6, 6.07) is 3.80. The van der Waals surface area contributed by atoms with Crippen molar-refractivity contribution >= 4 is 21.8 Å².